The first-order valence-electron chi connectivity index (χ1n) is 9.98. The van der Waals surface area contributed by atoms with Gasteiger partial charge in [0.1, 0.15) is 11.6 Å². The molecule has 0 saturated carbocycles. The lowest BCUT2D eigenvalue weighted by molar-refractivity contribution is 0.585. The third-order valence-electron chi connectivity index (χ3n) is 5.02. The Hall–Kier alpha value is -4.71. The Morgan fingerprint density at radius 2 is 1.56 bits per heavy atom. The molecule has 10 heteroatoms. The van der Waals surface area contributed by atoms with Gasteiger partial charge in [0.25, 0.3) is 5.56 Å². The molecular formula is C24H16N6O3S. The molecular weight excluding hydrogens is 452 g/mol. The van der Waals surface area contributed by atoms with Gasteiger partial charge in [-0.1, -0.05) is 84.0 Å². The van der Waals surface area contributed by atoms with Crippen molar-refractivity contribution >= 4 is 15.5 Å². The summed E-state index contributed by atoms with van der Waals surface area (Å²) in [6.45, 7) is 0. The van der Waals surface area contributed by atoms with Crippen LogP contribution in [0.2, 0.25) is 0 Å². The number of azide groups is 1. The molecule has 166 valence electrons. The Morgan fingerprint density at radius 3 is 2.18 bits per heavy atom. The lowest BCUT2D eigenvalue weighted by atomic mass is 10.0. The molecule has 3 aromatic carbocycles. The van der Waals surface area contributed by atoms with E-state index < -0.39 is 26.3 Å². The van der Waals surface area contributed by atoms with Crippen LogP contribution in [0.3, 0.4) is 0 Å². The van der Waals surface area contributed by atoms with Crippen LogP contribution in [0, 0.1) is 11.3 Å². The van der Waals surface area contributed by atoms with Crippen molar-refractivity contribution in [3.63, 3.8) is 0 Å². The fourth-order valence-electron chi connectivity index (χ4n) is 3.36. The summed E-state index contributed by atoms with van der Waals surface area (Å²) in [5.74, 6) is -0.440. The van der Waals surface area contributed by atoms with Crippen molar-refractivity contribution in [1.82, 2.24) is 9.97 Å². The first kappa shape index (κ1) is 22.5. The van der Waals surface area contributed by atoms with Crippen LogP contribution >= 0.6 is 0 Å². The van der Waals surface area contributed by atoms with Gasteiger partial charge in [-0.3, -0.25) is 9.78 Å². The van der Waals surface area contributed by atoms with Crippen molar-refractivity contribution in [2.45, 2.75) is 10.9 Å². The van der Waals surface area contributed by atoms with Crippen molar-refractivity contribution in [2.24, 2.45) is 5.11 Å². The number of benzene rings is 3. The van der Waals surface area contributed by atoms with Gasteiger partial charge in [-0.25, -0.2) is 13.4 Å². The van der Waals surface area contributed by atoms with E-state index in [1.165, 1.54) is 24.3 Å². The predicted molar refractivity (Wildman–Crippen MR) is 127 cm³/mol. The summed E-state index contributed by atoms with van der Waals surface area (Å²) in [6.07, 6.45) is 0. The summed E-state index contributed by atoms with van der Waals surface area (Å²) < 4.78 is 26.0. The molecule has 4 rings (SSSR count). The SMILES string of the molecule is N#Cc1c(-c2ccc(-c3ccccc3)cc2)nc(S(=O)(=O)Cc2ccc(N=[N+]=[N-])cc2)[nH]c1=O. The lowest BCUT2D eigenvalue weighted by Gasteiger charge is -2.09. The van der Waals surface area contributed by atoms with Crippen LogP contribution in [0.1, 0.15) is 11.1 Å². The van der Waals surface area contributed by atoms with Crippen molar-refractivity contribution in [3.8, 4) is 28.5 Å². The first-order valence-corrected chi connectivity index (χ1v) is 11.6. The lowest BCUT2D eigenvalue weighted by Crippen LogP contribution is -2.20. The van der Waals surface area contributed by atoms with Gasteiger partial charge < -0.3 is 0 Å². The average Bonchev–Trinajstić information content (AvgIpc) is 2.85. The summed E-state index contributed by atoms with van der Waals surface area (Å²) in [7, 11) is -4.05. The average molecular weight is 468 g/mol. The summed E-state index contributed by atoms with van der Waals surface area (Å²) >= 11 is 0. The van der Waals surface area contributed by atoms with E-state index in [1.54, 1.807) is 12.1 Å². The van der Waals surface area contributed by atoms with E-state index in [4.69, 9.17) is 5.53 Å². The van der Waals surface area contributed by atoms with Gasteiger partial charge in [0, 0.05) is 16.2 Å². The molecule has 0 aliphatic heterocycles. The molecule has 0 aliphatic carbocycles. The van der Waals surface area contributed by atoms with E-state index in [2.05, 4.69) is 20.0 Å². The summed E-state index contributed by atoms with van der Waals surface area (Å²) in [5.41, 5.74) is 10.5. The number of nitriles is 1. The maximum atomic E-state index is 13.0. The molecule has 0 aliphatic rings. The van der Waals surface area contributed by atoms with E-state index in [0.29, 0.717) is 16.8 Å². The molecule has 4 aromatic rings. The smallest absolute Gasteiger partial charge is 0.270 e. The quantitative estimate of drug-likeness (QED) is 0.185. The summed E-state index contributed by atoms with van der Waals surface area (Å²) in [6, 6.07) is 24.4. The second kappa shape index (κ2) is 9.42. The van der Waals surface area contributed by atoms with Gasteiger partial charge in [-0.05, 0) is 22.2 Å². The number of rotatable bonds is 6. The Bertz CT molecular complexity index is 1600. The third kappa shape index (κ3) is 4.71. The zero-order chi connectivity index (χ0) is 24.1. The largest absolute Gasteiger partial charge is 0.296 e. The fourth-order valence-corrected chi connectivity index (χ4v) is 4.61. The number of hydrogen-bond donors (Lipinski definition) is 1. The highest BCUT2D eigenvalue weighted by atomic mass is 32.2. The number of nitrogens with one attached hydrogen (secondary N) is 1. The molecule has 0 bridgehead atoms. The maximum Gasteiger partial charge on any atom is 0.270 e. The van der Waals surface area contributed by atoms with Gasteiger partial charge in [0.2, 0.25) is 15.0 Å². The number of H-pyrrole nitrogens is 1. The van der Waals surface area contributed by atoms with E-state index >= 15 is 0 Å². The molecule has 0 amide bonds. The molecule has 9 nitrogen and oxygen atoms in total. The van der Waals surface area contributed by atoms with Crippen LogP contribution in [0.5, 0.6) is 0 Å². The molecule has 0 atom stereocenters. The van der Waals surface area contributed by atoms with Crippen LogP contribution < -0.4 is 5.56 Å². The number of aromatic nitrogens is 2. The number of nitrogens with zero attached hydrogens (tertiary/aromatic N) is 5. The first-order chi connectivity index (χ1) is 16.4. The summed E-state index contributed by atoms with van der Waals surface area (Å²) in [4.78, 5) is 21.6. The van der Waals surface area contributed by atoms with Gasteiger partial charge in [0.05, 0.1) is 11.4 Å². The van der Waals surface area contributed by atoms with Crippen LogP contribution in [0.4, 0.5) is 5.69 Å². The second-order valence-corrected chi connectivity index (χ2v) is 9.17. The molecule has 0 fully saturated rings. The molecule has 0 unspecified atom stereocenters. The Labute approximate surface area is 194 Å². The van der Waals surface area contributed by atoms with Crippen LogP contribution in [0.15, 0.2) is 93.9 Å². The number of sulfone groups is 1. The van der Waals surface area contributed by atoms with Crippen molar-refractivity contribution in [1.29, 1.82) is 5.26 Å². The van der Waals surface area contributed by atoms with E-state index in [-0.39, 0.29) is 11.3 Å². The standard InChI is InChI=1S/C24H16N6O3S/c25-14-21-22(19-10-8-18(9-11-19)17-4-2-1-3-5-17)27-24(28-23(21)31)34(32,33)15-16-6-12-20(13-7-16)29-30-26/h1-13H,15H2,(H,27,28,31). The molecule has 0 saturated heterocycles. The zero-order valence-electron chi connectivity index (χ0n) is 17.6. The monoisotopic (exact) mass is 468 g/mol. The molecule has 0 radical (unpaired) electrons. The highest BCUT2D eigenvalue weighted by Crippen LogP contribution is 2.26. The minimum Gasteiger partial charge on any atom is -0.296 e. The normalized spacial score (nSPS) is 10.8. The van der Waals surface area contributed by atoms with Gasteiger partial charge in [0.15, 0.2) is 0 Å². The second-order valence-electron chi connectivity index (χ2n) is 7.26. The van der Waals surface area contributed by atoms with Crippen molar-refractivity contribution < 1.29 is 8.42 Å². The van der Waals surface area contributed by atoms with E-state index in [0.717, 1.165) is 11.1 Å². The number of hydrogen-bond acceptors (Lipinski definition) is 6. The summed E-state index contributed by atoms with van der Waals surface area (Å²) in [5, 5.41) is 12.4. The molecule has 1 aromatic heterocycles. The third-order valence-corrected chi connectivity index (χ3v) is 6.52. The topological polar surface area (TPSA) is 152 Å². The van der Waals surface area contributed by atoms with Crippen molar-refractivity contribution in [3.05, 3.63) is 111 Å². The number of aromatic amines is 1. The Kier molecular flexibility index (Phi) is 6.23. The zero-order valence-corrected chi connectivity index (χ0v) is 18.4. The van der Waals surface area contributed by atoms with Crippen LogP contribution in [-0.2, 0) is 15.6 Å². The van der Waals surface area contributed by atoms with E-state index in [1.807, 2.05) is 48.5 Å². The van der Waals surface area contributed by atoms with Crippen LogP contribution in [-0.4, -0.2) is 18.4 Å². The Balaban J connectivity index is 1.72. The molecule has 34 heavy (non-hydrogen) atoms. The van der Waals surface area contributed by atoms with Gasteiger partial charge in [-0.2, -0.15) is 5.26 Å². The predicted octanol–water partition coefficient (Wildman–Crippen LogP) is 4.89. The van der Waals surface area contributed by atoms with Gasteiger partial charge in [-0.15, -0.1) is 0 Å². The highest BCUT2D eigenvalue weighted by molar-refractivity contribution is 7.90. The minimum absolute atomic E-state index is 0.0110. The Morgan fingerprint density at radius 1 is 0.941 bits per heavy atom. The minimum atomic E-state index is -4.05. The van der Waals surface area contributed by atoms with Crippen LogP contribution in [0.25, 0.3) is 32.8 Å². The van der Waals surface area contributed by atoms with Gasteiger partial charge >= 0.3 is 0 Å². The maximum absolute atomic E-state index is 13.0. The highest BCUT2D eigenvalue weighted by Gasteiger charge is 2.23. The fraction of sp³-hybridized carbons (Fsp3) is 0.0417. The van der Waals surface area contributed by atoms with Crippen molar-refractivity contribution in [2.75, 3.05) is 0 Å². The van der Waals surface area contributed by atoms with E-state index in [9.17, 15) is 18.5 Å². The molecule has 1 heterocycles. The molecule has 1 N–H and O–H groups in total. The molecule has 0 spiro atoms.